The molecular formula is C17H14N4O. The van der Waals surface area contributed by atoms with Crippen molar-refractivity contribution in [2.45, 2.75) is 24.7 Å². The normalized spacial score (nSPS) is 31.9. The first-order valence-corrected chi connectivity index (χ1v) is 7.54. The van der Waals surface area contributed by atoms with Gasteiger partial charge in [0.1, 0.15) is 18.1 Å². The van der Waals surface area contributed by atoms with Crippen LogP contribution in [0.4, 0.5) is 17.1 Å². The van der Waals surface area contributed by atoms with Crippen LogP contribution in [-0.2, 0) is 0 Å². The van der Waals surface area contributed by atoms with Gasteiger partial charge in [0.15, 0.2) is 5.75 Å². The topological polar surface area (TPSA) is 50.5 Å². The van der Waals surface area contributed by atoms with Gasteiger partial charge in [-0.2, -0.15) is 0 Å². The highest BCUT2D eigenvalue weighted by molar-refractivity contribution is 5.92. The van der Waals surface area contributed by atoms with Gasteiger partial charge in [0.25, 0.3) is 0 Å². The summed E-state index contributed by atoms with van der Waals surface area (Å²) < 4.78 is 5.71. The van der Waals surface area contributed by atoms with Crippen LogP contribution in [0.25, 0.3) is 0 Å². The smallest absolute Gasteiger partial charge is 0.152 e. The van der Waals surface area contributed by atoms with Gasteiger partial charge in [-0.25, -0.2) is 0 Å². The fraction of sp³-hybridized carbons (Fsp3) is 0.235. The van der Waals surface area contributed by atoms with Crippen molar-refractivity contribution in [1.82, 2.24) is 10.3 Å². The molecule has 2 aromatic rings. The lowest BCUT2D eigenvalue weighted by Crippen LogP contribution is -2.52. The molecule has 0 spiro atoms. The van der Waals surface area contributed by atoms with Gasteiger partial charge >= 0.3 is 0 Å². The maximum Gasteiger partial charge on any atom is 0.152 e. The summed E-state index contributed by atoms with van der Waals surface area (Å²) >= 11 is 0. The molecule has 1 N–H and O–H groups in total. The Morgan fingerprint density at radius 2 is 2.23 bits per heavy atom. The molecule has 1 fully saturated rings. The van der Waals surface area contributed by atoms with E-state index in [1.165, 1.54) is 16.9 Å². The van der Waals surface area contributed by atoms with Crippen molar-refractivity contribution in [3.8, 4) is 5.75 Å². The number of nitrogens with one attached hydrogen (secondary N) is 1. The summed E-state index contributed by atoms with van der Waals surface area (Å²) in [6, 6.07) is 8.74. The summed E-state index contributed by atoms with van der Waals surface area (Å²) in [5.74, 6) is 0.922. The largest absolute Gasteiger partial charge is 0.461 e. The van der Waals surface area contributed by atoms with E-state index in [-0.39, 0.29) is 11.7 Å². The van der Waals surface area contributed by atoms with Crippen LogP contribution in [0.1, 0.15) is 18.5 Å². The second-order valence-electron chi connectivity index (χ2n) is 6.47. The van der Waals surface area contributed by atoms with Crippen molar-refractivity contribution in [1.29, 1.82) is 0 Å². The maximum atomic E-state index is 5.71. The Balaban J connectivity index is 1.70. The zero-order chi connectivity index (χ0) is 14.5. The third-order valence-electron chi connectivity index (χ3n) is 5.33. The molecule has 22 heavy (non-hydrogen) atoms. The summed E-state index contributed by atoms with van der Waals surface area (Å²) in [6.45, 7) is 2.29. The van der Waals surface area contributed by atoms with E-state index < -0.39 is 0 Å². The van der Waals surface area contributed by atoms with Gasteiger partial charge in [0.05, 0.1) is 23.0 Å². The van der Waals surface area contributed by atoms with Gasteiger partial charge in [-0.05, 0) is 25.1 Å². The minimum absolute atomic E-state index is 0.0218. The lowest BCUT2D eigenvalue weighted by Gasteiger charge is -2.39. The Kier molecular flexibility index (Phi) is 1.65. The van der Waals surface area contributed by atoms with Crippen molar-refractivity contribution >= 4 is 17.1 Å². The van der Waals surface area contributed by atoms with Crippen LogP contribution in [0.2, 0.25) is 0 Å². The Labute approximate surface area is 127 Å². The fourth-order valence-electron chi connectivity index (χ4n) is 4.32. The molecule has 108 valence electrons. The number of hydrogen-bond acceptors (Lipinski definition) is 5. The molecule has 4 aliphatic heterocycles. The molecule has 5 nitrogen and oxygen atoms in total. The molecule has 3 atom stereocenters. The van der Waals surface area contributed by atoms with Crippen molar-refractivity contribution in [2.24, 2.45) is 0 Å². The minimum atomic E-state index is 0.0218. The van der Waals surface area contributed by atoms with Gasteiger partial charge in [-0.3, -0.25) is 10.3 Å². The molecule has 1 aromatic carbocycles. The molecular weight excluding hydrogens is 276 g/mol. The molecule has 3 unspecified atom stereocenters. The van der Waals surface area contributed by atoms with E-state index in [1.807, 2.05) is 24.7 Å². The third-order valence-corrected chi connectivity index (χ3v) is 5.33. The van der Waals surface area contributed by atoms with Crippen LogP contribution in [0, 0.1) is 0 Å². The first-order chi connectivity index (χ1) is 10.8. The molecule has 0 saturated carbocycles. The Bertz CT molecular complexity index is 863. The van der Waals surface area contributed by atoms with Crippen molar-refractivity contribution in [2.75, 3.05) is 9.80 Å². The van der Waals surface area contributed by atoms with Gasteiger partial charge in [0, 0.05) is 24.2 Å². The quantitative estimate of drug-likeness (QED) is 0.756. The molecule has 0 amide bonds. The number of hydrogen-bond donors (Lipinski definition) is 1. The zero-order valence-electron chi connectivity index (χ0n) is 12.0. The van der Waals surface area contributed by atoms with Crippen LogP contribution in [0.3, 0.4) is 0 Å². The van der Waals surface area contributed by atoms with E-state index in [1.54, 1.807) is 6.26 Å². The van der Waals surface area contributed by atoms with E-state index in [2.05, 4.69) is 45.2 Å². The molecule has 5 heteroatoms. The predicted octanol–water partition coefficient (Wildman–Crippen LogP) is 2.65. The minimum Gasteiger partial charge on any atom is -0.461 e. The number of aromatic nitrogens is 1. The van der Waals surface area contributed by atoms with E-state index in [0.29, 0.717) is 6.04 Å². The summed E-state index contributed by atoms with van der Waals surface area (Å²) in [5, 5.41) is 3.68. The number of anilines is 3. The number of nitrogens with zero attached hydrogens (tertiary/aromatic N) is 3. The predicted molar refractivity (Wildman–Crippen MR) is 83.1 cm³/mol. The Hall–Kier alpha value is -2.53. The van der Waals surface area contributed by atoms with Crippen LogP contribution >= 0.6 is 0 Å². The standard InChI is InChI=1S/C17H14N4O/c1-17-15(19-17)10-9-18-6-5-11(10)21-12-3-2-4-13-14(12)20(16(17)21)7-8-22-13/h2-9,15-16,19H,1H3. The van der Waals surface area contributed by atoms with Crippen molar-refractivity contribution in [3.05, 3.63) is 54.7 Å². The van der Waals surface area contributed by atoms with Gasteiger partial charge < -0.3 is 14.5 Å². The monoisotopic (exact) mass is 290 g/mol. The summed E-state index contributed by atoms with van der Waals surface area (Å²) in [5.41, 5.74) is 4.90. The van der Waals surface area contributed by atoms with Gasteiger partial charge in [-0.1, -0.05) is 6.07 Å². The summed E-state index contributed by atoms with van der Waals surface area (Å²) in [7, 11) is 0. The van der Waals surface area contributed by atoms with E-state index >= 15 is 0 Å². The highest BCUT2D eigenvalue weighted by Crippen LogP contribution is 2.62. The molecule has 1 aromatic heterocycles. The van der Waals surface area contributed by atoms with E-state index in [0.717, 1.165) is 11.4 Å². The molecule has 4 aliphatic rings. The van der Waals surface area contributed by atoms with Crippen molar-refractivity contribution in [3.63, 3.8) is 0 Å². The average Bonchev–Trinajstić information content (AvgIpc) is 3.14. The van der Waals surface area contributed by atoms with E-state index in [9.17, 15) is 0 Å². The SMILES string of the molecule is CC12NC1c1cnccc1N1c3cccc4c3N(C=CO4)C12. The highest BCUT2D eigenvalue weighted by atomic mass is 16.5. The van der Waals surface area contributed by atoms with Crippen LogP contribution in [-0.4, -0.2) is 16.7 Å². The van der Waals surface area contributed by atoms with Crippen LogP contribution < -0.4 is 19.9 Å². The van der Waals surface area contributed by atoms with Crippen LogP contribution in [0.15, 0.2) is 49.1 Å². The second-order valence-corrected chi connectivity index (χ2v) is 6.47. The molecule has 1 saturated heterocycles. The Morgan fingerprint density at radius 3 is 3.18 bits per heavy atom. The third kappa shape index (κ3) is 1.04. The lowest BCUT2D eigenvalue weighted by molar-refractivity contribution is 0.452. The summed E-state index contributed by atoms with van der Waals surface area (Å²) in [4.78, 5) is 9.09. The maximum absolute atomic E-state index is 5.71. The second kappa shape index (κ2) is 3.28. The van der Waals surface area contributed by atoms with Gasteiger partial charge in [-0.15, -0.1) is 0 Å². The number of fused-ring (bicyclic) bond motifs is 8. The fourth-order valence-corrected chi connectivity index (χ4v) is 4.32. The molecule has 5 heterocycles. The van der Waals surface area contributed by atoms with Crippen LogP contribution in [0.5, 0.6) is 5.75 Å². The lowest BCUT2D eigenvalue weighted by atomic mass is 9.92. The number of benzene rings is 1. The number of pyridine rings is 1. The molecule has 0 bridgehead atoms. The number of rotatable bonds is 0. The number of para-hydroxylation sites is 1. The molecule has 0 radical (unpaired) electrons. The van der Waals surface area contributed by atoms with Gasteiger partial charge in [0.2, 0.25) is 0 Å². The average molecular weight is 290 g/mol. The molecule has 6 rings (SSSR count). The Morgan fingerprint density at radius 1 is 1.27 bits per heavy atom. The highest BCUT2D eigenvalue weighted by Gasteiger charge is 2.66. The first-order valence-electron chi connectivity index (χ1n) is 7.54. The number of ether oxygens (including phenoxy) is 1. The first kappa shape index (κ1) is 11.1. The summed E-state index contributed by atoms with van der Waals surface area (Å²) in [6.07, 6.45) is 7.92. The molecule has 0 aliphatic carbocycles. The zero-order valence-corrected chi connectivity index (χ0v) is 12.0. The van der Waals surface area contributed by atoms with Crippen molar-refractivity contribution < 1.29 is 4.74 Å². The van der Waals surface area contributed by atoms with E-state index in [4.69, 9.17) is 4.74 Å².